The maximum atomic E-state index is 13.6. The van der Waals surface area contributed by atoms with Crippen molar-refractivity contribution in [2.75, 3.05) is 5.32 Å². The summed E-state index contributed by atoms with van der Waals surface area (Å²) in [6, 6.07) is 1.58. The molecule has 3 N–H and O–H groups in total. The Morgan fingerprint density at radius 3 is 2.65 bits per heavy atom. The Hall–Kier alpha value is -0.700. The molecule has 144 valence electrons. The lowest BCUT2D eigenvalue weighted by atomic mass is 10.1. The van der Waals surface area contributed by atoms with E-state index in [1.54, 1.807) is 16.7 Å². The maximum absolute atomic E-state index is 13.6. The van der Waals surface area contributed by atoms with E-state index in [1.807, 2.05) is 6.92 Å². The van der Waals surface area contributed by atoms with Crippen LogP contribution in [0.15, 0.2) is 11.4 Å². The highest BCUT2D eigenvalue weighted by Gasteiger charge is 2.17. The summed E-state index contributed by atoms with van der Waals surface area (Å²) in [5.41, 5.74) is 8.02. The first-order valence-corrected chi connectivity index (χ1v) is 9.73. The number of fused-ring (bicyclic) bond motifs is 1. The lowest BCUT2D eigenvalue weighted by Crippen LogP contribution is -2.21. The van der Waals surface area contributed by atoms with Gasteiger partial charge in [0, 0.05) is 10.9 Å². The Morgan fingerprint density at radius 1 is 1.31 bits per heavy atom. The van der Waals surface area contributed by atoms with Gasteiger partial charge in [-0.1, -0.05) is 6.92 Å². The minimum atomic E-state index is -0.208. The first-order chi connectivity index (χ1) is 11.5. The molecule has 1 atom stereocenters. The van der Waals surface area contributed by atoms with Crippen molar-refractivity contribution < 1.29 is 4.39 Å². The molecular weight excluding hydrogens is 438 g/mol. The van der Waals surface area contributed by atoms with Crippen molar-refractivity contribution in [2.45, 2.75) is 39.3 Å². The van der Waals surface area contributed by atoms with E-state index in [0.717, 1.165) is 28.6 Å². The van der Waals surface area contributed by atoms with E-state index < -0.39 is 0 Å². The fourth-order valence-corrected chi connectivity index (χ4v) is 4.58. The average Bonchev–Trinajstić information content (AvgIpc) is 3.10. The van der Waals surface area contributed by atoms with Gasteiger partial charge < -0.3 is 11.1 Å². The van der Waals surface area contributed by atoms with Crippen molar-refractivity contribution in [1.29, 1.82) is 0 Å². The van der Waals surface area contributed by atoms with Crippen LogP contribution < -0.4 is 11.1 Å². The van der Waals surface area contributed by atoms with E-state index in [9.17, 15) is 4.39 Å². The molecular formula is C16H20Cl3FN4S2. The molecule has 0 saturated heterocycles. The van der Waals surface area contributed by atoms with Crippen LogP contribution in [0.1, 0.15) is 28.7 Å². The Morgan fingerprint density at radius 2 is 2.04 bits per heavy atom. The minimum absolute atomic E-state index is 0. The zero-order valence-electron chi connectivity index (χ0n) is 14.2. The lowest BCUT2D eigenvalue weighted by Gasteiger charge is -2.06. The number of anilines is 1. The molecule has 3 heterocycles. The number of aromatic nitrogens is 2. The van der Waals surface area contributed by atoms with Crippen molar-refractivity contribution in [3.05, 3.63) is 37.9 Å². The van der Waals surface area contributed by atoms with Crippen LogP contribution in [-0.4, -0.2) is 16.0 Å². The third-order valence-electron chi connectivity index (χ3n) is 3.92. The van der Waals surface area contributed by atoms with E-state index in [4.69, 9.17) is 17.3 Å². The molecule has 0 radical (unpaired) electrons. The van der Waals surface area contributed by atoms with E-state index >= 15 is 0 Å². The van der Waals surface area contributed by atoms with Crippen molar-refractivity contribution in [1.82, 2.24) is 9.97 Å². The normalized spacial score (nSPS) is 11.7. The monoisotopic (exact) mass is 456 g/mol. The van der Waals surface area contributed by atoms with Crippen LogP contribution in [0.3, 0.4) is 0 Å². The lowest BCUT2D eigenvalue weighted by molar-refractivity contribution is 0.621. The molecule has 0 saturated carbocycles. The van der Waals surface area contributed by atoms with E-state index in [0.29, 0.717) is 17.2 Å². The summed E-state index contributed by atoms with van der Waals surface area (Å²) in [5.74, 6) is 0.433. The molecule has 0 bridgehead atoms. The number of thiophene rings is 2. The predicted octanol–water partition coefficient (Wildman–Crippen LogP) is 5.59. The summed E-state index contributed by atoms with van der Waals surface area (Å²) in [4.78, 5) is 10.5. The number of aryl methyl sites for hydroxylation is 1. The van der Waals surface area contributed by atoms with E-state index in [1.165, 1.54) is 22.3 Å². The summed E-state index contributed by atoms with van der Waals surface area (Å²) in [7, 11) is 0. The molecule has 1 unspecified atom stereocenters. The van der Waals surface area contributed by atoms with E-state index in [2.05, 4.69) is 22.2 Å². The summed E-state index contributed by atoms with van der Waals surface area (Å²) < 4.78 is 14.5. The van der Waals surface area contributed by atoms with Crippen LogP contribution in [0.5, 0.6) is 0 Å². The molecule has 0 aliphatic heterocycles. The van der Waals surface area contributed by atoms with E-state index in [-0.39, 0.29) is 42.0 Å². The second-order valence-electron chi connectivity index (χ2n) is 5.59. The smallest absolute Gasteiger partial charge is 0.224 e. The molecule has 0 aliphatic rings. The van der Waals surface area contributed by atoms with Crippen molar-refractivity contribution in [3.63, 3.8) is 0 Å². The molecule has 26 heavy (non-hydrogen) atoms. The number of hydrogen-bond donors (Lipinski definition) is 2. The van der Waals surface area contributed by atoms with Crippen molar-refractivity contribution in [2.24, 2.45) is 5.73 Å². The number of nitrogens with two attached hydrogens (primary N) is 1. The van der Waals surface area contributed by atoms with Crippen molar-refractivity contribution >= 4 is 75.1 Å². The standard InChI is InChI=1S/C16H18ClFN4S2.2ClH/c1-3-9(19)6-11-8(2)13-14(24-11)15(22-16(17)21-13)20-7-12-10(18)4-5-23-12;;/h4-5,9H,3,6-7,19H2,1-2H3,(H,20,21,22);2*1H. The Kier molecular flexibility index (Phi) is 8.99. The van der Waals surface area contributed by atoms with Gasteiger partial charge >= 0.3 is 0 Å². The van der Waals surface area contributed by atoms with Gasteiger partial charge in [0.05, 0.1) is 21.6 Å². The quantitative estimate of drug-likeness (QED) is 0.474. The van der Waals surface area contributed by atoms with Gasteiger partial charge in [0.1, 0.15) is 11.6 Å². The zero-order valence-corrected chi connectivity index (χ0v) is 18.2. The highest BCUT2D eigenvalue weighted by atomic mass is 35.5. The van der Waals surface area contributed by atoms with Crippen LogP contribution in [0.4, 0.5) is 10.2 Å². The predicted molar refractivity (Wildman–Crippen MR) is 115 cm³/mol. The van der Waals surface area contributed by atoms with Crippen LogP contribution >= 0.6 is 59.1 Å². The molecule has 0 amide bonds. The van der Waals surface area contributed by atoms with Gasteiger partial charge in [-0.3, -0.25) is 0 Å². The first kappa shape index (κ1) is 23.3. The zero-order chi connectivity index (χ0) is 17.3. The summed E-state index contributed by atoms with van der Waals surface area (Å²) in [5, 5.41) is 5.11. The summed E-state index contributed by atoms with van der Waals surface area (Å²) in [6.07, 6.45) is 1.73. The van der Waals surface area contributed by atoms with Crippen molar-refractivity contribution in [3.8, 4) is 0 Å². The number of nitrogens with one attached hydrogen (secondary N) is 1. The molecule has 4 nitrogen and oxygen atoms in total. The average molecular weight is 458 g/mol. The number of rotatable bonds is 6. The van der Waals surface area contributed by atoms with Crippen LogP contribution in [0.2, 0.25) is 5.28 Å². The topological polar surface area (TPSA) is 63.8 Å². The van der Waals surface area contributed by atoms with Gasteiger partial charge in [0.2, 0.25) is 5.28 Å². The number of halogens is 4. The van der Waals surface area contributed by atoms with Crippen LogP contribution in [0.25, 0.3) is 10.2 Å². The molecule has 0 fully saturated rings. The first-order valence-electron chi connectivity index (χ1n) is 7.66. The fourth-order valence-electron chi connectivity index (χ4n) is 2.42. The second-order valence-corrected chi connectivity index (χ2v) is 8.03. The number of nitrogens with zero attached hydrogens (tertiary/aromatic N) is 2. The highest BCUT2D eigenvalue weighted by Crippen LogP contribution is 2.35. The fraction of sp³-hybridized carbons (Fsp3) is 0.375. The third-order valence-corrected chi connectivity index (χ3v) is 6.29. The van der Waals surface area contributed by atoms with Gasteiger partial charge in [0.15, 0.2) is 0 Å². The van der Waals surface area contributed by atoms with Gasteiger partial charge in [-0.2, -0.15) is 4.98 Å². The maximum Gasteiger partial charge on any atom is 0.224 e. The molecule has 3 aromatic heterocycles. The minimum Gasteiger partial charge on any atom is -0.364 e. The summed E-state index contributed by atoms with van der Waals surface area (Å²) in [6.45, 7) is 4.47. The summed E-state index contributed by atoms with van der Waals surface area (Å²) >= 11 is 9.08. The molecule has 0 spiro atoms. The Bertz CT molecular complexity index is 869. The molecule has 0 aliphatic carbocycles. The molecule has 3 rings (SSSR count). The Balaban J connectivity index is 0.00000169. The van der Waals surface area contributed by atoms with Crippen LogP contribution in [0, 0.1) is 12.7 Å². The van der Waals surface area contributed by atoms with Gasteiger partial charge in [-0.15, -0.1) is 47.5 Å². The van der Waals surface area contributed by atoms with Crippen LogP contribution in [-0.2, 0) is 13.0 Å². The molecule has 10 heteroatoms. The second kappa shape index (κ2) is 10.0. The number of hydrogen-bond acceptors (Lipinski definition) is 6. The van der Waals surface area contributed by atoms with Gasteiger partial charge in [-0.05, 0) is 48.4 Å². The largest absolute Gasteiger partial charge is 0.364 e. The van der Waals surface area contributed by atoms with Gasteiger partial charge in [-0.25, -0.2) is 9.37 Å². The SMILES string of the molecule is CCC(N)Cc1sc2c(NCc3sccc3F)nc(Cl)nc2c1C.Cl.Cl. The van der Waals surface area contributed by atoms with Gasteiger partial charge in [0.25, 0.3) is 0 Å². The third kappa shape index (κ3) is 4.97. The highest BCUT2D eigenvalue weighted by molar-refractivity contribution is 7.19. The molecule has 3 aromatic rings. The molecule has 0 aromatic carbocycles. The Labute approximate surface area is 177 Å².